The Morgan fingerprint density at radius 3 is 2.41 bits per heavy atom. The van der Waals surface area contributed by atoms with Gasteiger partial charge < -0.3 is 5.32 Å². The van der Waals surface area contributed by atoms with Crippen molar-refractivity contribution in [3.8, 4) is 5.69 Å². The number of carbonyl (C=O) groups is 1. The van der Waals surface area contributed by atoms with Crippen molar-refractivity contribution >= 4 is 15.9 Å². The summed E-state index contributed by atoms with van der Waals surface area (Å²) in [5.41, 5.74) is 1.87. The molecule has 1 heterocycles. The van der Waals surface area contributed by atoms with Gasteiger partial charge in [-0.25, -0.2) is 17.4 Å². The number of benzene rings is 2. The van der Waals surface area contributed by atoms with E-state index < -0.39 is 10.0 Å². The van der Waals surface area contributed by atoms with Crippen LogP contribution < -0.4 is 5.32 Å². The zero-order valence-corrected chi connectivity index (χ0v) is 15.8. The maximum atomic E-state index is 12.4. The Morgan fingerprint density at radius 1 is 1.07 bits per heavy atom. The molecule has 1 aromatic heterocycles. The first-order chi connectivity index (χ1) is 12.9. The third-order valence-corrected chi connectivity index (χ3v) is 5.98. The summed E-state index contributed by atoms with van der Waals surface area (Å²) in [5, 5.41) is 6.92. The van der Waals surface area contributed by atoms with Crippen LogP contribution in [0.25, 0.3) is 5.69 Å². The van der Waals surface area contributed by atoms with Gasteiger partial charge in [-0.15, -0.1) is 0 Å². The molecule has 140 valence electrons. The largest absolute Gasteiger partial charge is 0.348 e. The van der Waals surface area contributed by atoms with Gasteiger partial charge in [0, 0.05) is 38.6 Å². The molecule has 0 spiro atoms. The Labute approximate surface area is 158 Å². The predicted octanol–water partition coefficient (Wildman–Crippen LogP) is 2.05. The van der Waals surface area contributed by atoms with Gasteiger partial charge in [0.2, 0.25) is 10.0 Å². The third kappa shape index (κ3) is 4.07. The third-order valence-electron chi connectivity index (χ3n) is 4.07. The maximum absolute atomic E-state index is 12.4. The second-order valence-electron chi connectivity index (χ2n) is 6.08. The highest BCUT2D eigenvalue weighted by molar-refractivity contribution is 7.89. The first-order valence-electron chi connectivity index (χ1n) is 8.28. The van der Waals surface area contributed by atoms with Crippen LogP contribution >= 0.6 is 0 Å². The van der Waals surface area contributed by atoms with Gasteiger partial charge in [-0.1, -0.05) is 18.2 Å². The van der Waals surface area contributed by atoms with E-state index in [1.807, 2.05) is 12.3 Å². The molecule has 2 aromatic carbocycles. The fraction of sp³-hybridized carbons (Fsp3) is 0.158. The summed E-state index contributed by atoms with van der Waals surface area (Å²) >= 11 is 0. The molecule has 0 saturated heterocycles. The summed E-state index contributed by atoms with van der Waals surface area (Å²) in [4.78, 5) is 12.6. The highest BCUT2D eigenvalue weighted by atomic mass is 32.2. The van der Waals surface area contributed by atoms with Crippen LogP contribution in [0.5, 0.6) is 0 Å². The fourth-order valence-corrected chi connectivity index (χ4v) is 3.68. The highest BCUT2D eigenvalue weighted by Crippen LogP contribution is 2.18. The minimum absolute atomic E-state index is 0.114. The minimum Gasteiger partial charge on any atom is -0.348 e. The number of nitrogens with zero attached hydrogens (tertiary/aromatic N) is 3. The van der Waals surface area contributed by atoms with Crippen molar-refractivity contribution in [2.45, 2.75) is 11.4 Å². The SMILES string of the molecule is CN(C)S(=O)(=O)c1ccccc1CNC(=O)c1ccc(-n2cccn2)cc1. The monoisotopic (exact) mass is 384 g/mol. The van der Waals surface area contributed by atoms with E-state index >= 15 is 0 Å². The van der Waals surface area contributed by atoms with Gasteiger partial charge in [-0.3, -0.25) is 4.79 Å². The van der Waals surface area contributed by atoms with Crippen LogP contribution in [-0.4, -0.2) is 42.5 Å². The van der Waals surface area contributed by atoms with Gasteiger partial charge in [-0.05, 0) is 42.0 Å². The maximum Gasteiger partial charge on any atom is 0.251 e. The first-order valence-corrected chi connectivity index (χ1v) is 9.72. The fourth-order valence-electron chi connectivity index (χ4n) is 2.56. The number of carbonyl (C=O) groups excluding carboxylic acids is 1. The summed E-state index contributed by atoms with van der Waals surface area (Å²) in [7, 11) is -0.622. The van der Waals surface area contributed by atoms with Crippen LogP contribution in [0.3, 0.4) is 0 Å². The average Bonchev–Trinajstić information content (AvgIpc) is 3.21. The van der Waals surface area contributed by atoms with Crippen molar-refractivity contribution in [1.82, 2.24) is 19.4 Å². The summed E-state index contributed by atoms with van der Waals surface area (Å²) in [5.74, 6) is -0.279. The van der Waals surface area contributed by atoms with E-state index in [0.717, 1.165) is 9.99 Å². The summed E-state index contributed by atoms with van der Waals surface area (Å²) in [6, 6.07) is 15.5. The van der Waals surface area contributed by atoms with Crippen LogP contribution in [-0.2, 0) is 16.6 Å². The van der Waals surface area contributed by atoms with Gasteiger partial charge in [0.1, 0.15) is 0 Å². The summed E-state index contributed by atoms with van der Waals surface area (Å²) in [6.07, 6.45) is 3.50. The number of hydrogen-bond donors (Lipinski definition) is 1. The molecule has 1 N–H and O–H groups in total. The van der Waals surface area contributed by atoms with Gasteiger partial charge in [0.25, 0.3) is 5.91 Å². The molecule has 0 saturated carbocycles. The number of sulfonamides is 1. The second-order valence-corrected chi connectivity index (χ2v) is 8.20. The van der Waals surface area contributed by atoms with E-state index in [9.17, 15) is 13.2 Å². The Kier molecular flexibility index (Phi) is 5.38. The molecule has 0 unspecified atom stereocenters. The van der Waals surface area contributed by atoms with Crippen molar-refractivity contribution in [3.05, 3.63) is 78.1 Å². The molecule has 0 atom stereocenters. The van der Waals surface area contributed by atoms with Crippen molar-refractivity contribution in [3.63, 3.8) is 0 Å². The molecule has 0 bridgehead atoms. The highest BCUT2D eigenvalue weighted by Gasteiger charge is 2.20. The quantitative estimate of drug-likeness (QED) is 0.705. The van der Waals surface area contributed by atoms with Crippen LogP contribution in [0.4, 0.5) is 0 Å². The number of hydrogen-bond acceptors (Lipinski definition) is 4. The molecule has 0 aliphatic carbocycles. The molecule has 0 fully saturated rings. The lowest BCUT2D eigenvalue weighted by atomic mass is 10.1. The standard InChI is InChI=1S/C19H20N4O3S/c1-22(2)27(25,26)18-7-4-3-6-16(18)14-20-19(24)15-8-10-17(11-9-15)23-13-5-12-21-23/h3-13H,14H2,1-2H3,(H,20,24). The molecular formula is C19H20N4O3S. The Morgan fingerprint density at radius 2 is 1.78 bits per heavy atom. The number of nitrogens with one attached hydrogen (secondary N) is 1. The molecule has 3 rings (SSSR count). The average molecular weight is 384 g/mol. The molecule has 0 aliphatic rings. The number of rotatable bonds is 6. The number of amides is 1. The Balaban J connectivity index is 1.73. The minimum atomic E-state index is -3.58. The first kappa shape index (κ1) is 18.8. The normalized spacial score (nSPS) is 11.5. The van der Waals surface area contributed by atoms with Crippen molar-refractivity contribution in [2.24, 2.45) is 0 Å². The van der Waals surface area contributed by atoms with Crippen LogP contribution in [0.2, 0.25) is 0 Å². The molecule has 7 nitrogen and oxygen atoms in total. The summed E-state index contributed by atoms with van der Waals surface area (Å²) in [6.45, 7) is 0.114. The van der Waals surface area contributed by atoms with Gasteiger partial charge >= 0.3 is 0 Å². The molecule has 0 aliphatic heterocycles. The Hall–Kier alpha value is -2.97. The van der Waals surface area contributed by atoms with Gasteiger partial charge in [-0.2, -0.15) is 5.10 Å². The van der Waals surface area contributed by atoms with E-state index in [1.165, 1.54) is 20.2 Å². The molecule has 0 radical (unpaired) electrons. The molecule has 3 aromatic rings. The van der Waals surface area contributed by atoms with E-state index in [1.54, 1.807) is 53.3 Å². The molecule has 27 heavy (non-hydrogen) atoms. The molecule has 1 amide bonds. The lowest BCUT2D eigenvalue weighted by Gasteiger charge is -2.15. The van der Waals surface area contributed by atoms with Gasteiger partial charge in [0.05, 0.1) is 10.6 Å². The van der Waals surface area contributed by atoms with E-state index in [4.69, 9.17) is 0 Å². The lowest BCUT2D eigenvalue weighted by molar-refractivity contribution is 0.0950. The lowest BCUT2D eigenvalue weighted by Crippen LogP contribution is -2.27. The predicted molar refractivity (Wildman–Crippen MR) is 102 cm³/mol. The van der Waals surface area contributed by atoms with Crippen molar-refractivity contribution in [1.29, 1.82) is 0 Å². The molecular weight excluding hydrogens is 364 g/mol. The van der Waals surface area contributed by atoms with Crippen LogP contribution in [0, 0.1) is 0 Å². The Bertz CT molecular complexity index is 1030. The van der Waals surface area contributed by atoms with Crippen LogP contribution in [0.15, 0.2) is 71.9 Å². The van der Waals surface area contributed by atoms with Crippen molar-refractivity contribution < 1.29 is 13.2 Å². The van der Waals surface area contributed by atoms with Crippen molar-refractivity contribution in [2.75, 3.05) is 14.1 Å². The zero-order valence-electron chi connectivity index (χ0n) is 15.0. The summed E-state index contributed by atoms with van der Waals surface area (Å²) < 4.78 is 27.7. The van der Waals surface area contributed by atoms with Crippen LogP contribution in [0.1, 0.15) is 15.9 Å². The molecule has 8 heteroatoms. The smallest absolute Gasteiger partial charge is 0.251 e. The number of aromatic nitrogens is 2. The second kappa shape index (κ2) is 7.73. The van der Waals surface area contributed by atoms with Gasteiger partial charge in [0.15, 0.2) is 0 Å². The zero-order chi connectivity index (χ0) is 19.4. The van der Waals surface area contributed by atoms with E-state index in [2.05, 4.69) is 10.4 Å². The topological polar surface area (TPSA) is 84.3 Å². The van der Waals surface area contributed by atoms with E-state index in [-0.39, 0.29) is 17.3 Å². The van der Waals surface area contributed by atoms with E-state index in [0.29, 0.717) is 11.1 Å².